The topological polar surface area (TPSA) is 118 Å². The van der Waals surface area contributed by atoms with Crippen LogP contribution in [0.5, 0.6) is 0 Å². The molecule has 10 nitrogen and oxygen atoms in total. The van der Waals surface area contributed by atoms with Crippen molar-refractivity contribution < 1.29 is 31.5 Å². The van der Waals surface area contributed by atoms with Gasteiger partial charge < -0.3 is 5.32 Å². The van der Waals surface area contributed by atoms with Gasteiger partial charge in [-0.05, 0) is 65.4 Å². The summed E-state index contributed by atoms with van der Waals surface area (Å²) in [6, 6.07) is 2.26. The maximum Gasteiger partial charge on any atom is 0.472 e. The van der Waals surface area contributed by atoms with Gasteiger partial charge in [0.25, 0.3) is 0 Å². The average Bonchev–Trinajstić information content (AvgIpc) is 3.20. The number of urea groups is 1. The molecule has 17 heteroatoms. The average molecular weight is 659 g/mol. The molecule has 3 rings (SSSR count). The molecule has 3 aromatic rings. The number of hydrogen-bond acceptors (Lipinski definition) is 6. The molecule has 1 unspecified atom stereocenters. The summed E-state index contributed by atoms with van der Waals surface area (Å²) in [6.45, 7) is 2.33. The largest absolute Gasteiger partial charge is 0.472 e. The Hall–Kier alpha value is -3.15. The minimum atomic E-state index is -5.22. The van der Waals surface area contributed by atoms with Gasteiger partial charge >= 0.3 is 18.1 Å². The second-order valence-electron chi connectivity index (χ2n) is 7.58. The Kier molecular flexibility index (Phi) is 8.21. The van der Waals surface area contributed by atoms with Gasteiger partial charge in [-0.25, -0.2) is 18.6 Å². The number of amides is 3. The third kappa shape index (κ3) is 6.41. The van der Waals surface area contributed by atoms with E-state index in [-0.39, 0.29) is 39.8 Å². The molecule has 0 aliphatic carbocycles. The third-order valence-corrected chi connectivity index (χ3v) is 5.78. The molecule has 2 aromatic heterocycles. The van der Waals surface area contributed by atoms with E-state index in [2.05, 4.69) is 25.7 Å². The van der Waals surface area contributed by atoms with Crippen LogP contribution in [-0.4, -0.2) is 54.9 Å². The molecule has 0 radical (unpaired) electrons. The highest BCUT2D eigenvalue weighted by atomic mass is 127. The van der Waals surface area contributed by atoms with Gasteiger partial charge in [0, 0.05) is 23.3 Å². The van der Waals surface area contributed by atoms with E-state index < -0.39 is 33.3 Å². The number of nitrogens with zero attached hydrogens (tertiary/aromatic N) is 6. The zero-order valence-electron chi connectivity index (χ0n) is 19.2. The number of benzene rings is 1. The fourth-order valence-corrected chi connectivity index (χ4v) is 3.96. The normalized spacial score (nSPS) is 13.1. The number of tetrazole rings is 1. The molecule has 0 aliphatic heterocycles. The van der Waals surface area contributed by atoms with Crippen molar-refractivity contribution in [3.63, 3.8) is 0 Å². The van der Waals surface area contributed by atoms with Crippen LogP contribution < -0.4 is 10.7 Å². The van der Waals surface area contributed by atoms with Crippen LogP contribution in [-0.2, 0) is 15.4 Å². The van der Waals surface area contributed by atoms with Crippen LogP contribution >= 0.6 is 34.2 Å². The first-order valence-corrected chi connectivity index (χ1v) is 11.7. The number of pyridine rings is 1. The van der Waals surface area contributed by atoms with Crippen molar-refractivity contribution in [2.45, 2.75) is 23.6 Å². The summed E-state index contributed by atoms with van der Waals surface area (Å²) in [7, 11) is 1.48. The molecule has 2 N–H and O–H groups in total. The number of nitrogens with one attached hydrogen (secondary N) is 2. The van der Waals surface area contributed by atoms with Gasteiger partial charge in [-0.2, -0.15) is 18.0 Å². The molecule has 1 atom stereocenters. The highest BCUT2D eigenvalue weighted by Crippen LogP contribution is 2.37. The van der Waals surface area contributed by atoms with Crippen molar-refractivity contribution >= 4 is 46.1 Å². The fourth-order valence-electron chi connectivity index (χ4n) is 3.13. The van der Waals surface area contributed by atoms with Crippen molar-refractivity contribution in [3.8, 4) is 22.5 Å². The lowest BCUT2D eigenvalue weighted by molar-refractivity contribution is -0.177. The Morgan fingerprint density at radius 3 is 2.41 bits per heavy atom. The molecule has 2 heterocycles. The Labute approximate surface area is 224 Å². The second kappa shape index (κ2) is 10.7. The maximum atomic E-state index is 15.2. The highest BCUT2D eigenvalue weighted by Gasteiger charge is 2.41. The van der Waals surface area contributed by atoms with Crippen molar-refractivity contribution in [2.24, 2.45) is 7.05 Å². The number of hydrazine groups is 1. The van der Waals surface area contributed by atoms with Crippen molar-refractivity contribution in [2.75, 3.05) is 6.54 Å². The Bertz CT molecular complexity index is 1350. The third-order valence-electron chi connectivity index (χ3n) is 4.78. The van der Waals surface area contributed by atoms with Gasteiger partial charge in [-0.1, -0.05) is 11.6 Å². The summed E-state index contributed by atoms with van der Waals surface area (Å²) < 4.78 is 66.1. The van der Waals surface area contributed by atoms with Gasteiger partial charge in [-0.15, -0.1) is 10.2 Å². The summed E-state index contributed by atoms with van der Waals surface area (Å²) >= 11 is 7.63. The molecular weight excluding hydrogens is 642 g/mol. The first kappa shape index (κ1) is 28.4. The van der Waals surface area contributed by atoms with Crippen LogP contribution in [0.3, 0.4) is 0 Å². The number of carbonyl (C=O) groups excluding carboxylic acids is 2. The first-order valence-electron chi connectivity index (χ1n) is 10.2. The molecule has 0 saturated heterocycles. The van der Waals surface area contributed by atoms with Gasteiger partial charge in [0.2, 0.25) is 5.82 Å². The number of aromatic nitrogens is 5. The maximum absolute atomic E-state index is 15.2. The first-order chi connectivity index (χ1) is 17.1. The molecule has 3 amide bonds. The number of alkyl halides is 4. The Morgan fingerprint density at radius 1 is 1.19 bits per heavy atom. The van der Waals surface area contributed by atoms with Gasteiger partial charge in [-0.3, -0.25) is 15.2 Å². The molecule has 1 aromatic carbocycles. The highest BCUT2D eigenvalue weighted by molar-refractivity contribution is 14.1. The SMILES string of the molecule is CCN(NC(=O)C(F)(F)F)C(=O)NC(C)(I)c1ncc(-c2cc(Cl)cc(F)c2-c2nnn(C)n2)cc1F. The number of halogens is 7. The van der Waals surface area contributed by atoms with E-state index in [1.54, 1.807) is 22.6 Å². The lowest BCUT2D eigenvalue weighted by atomic mass is 9.99. The Morgan fingerprint density at radius 2 is 1.86 bits per heavy atom. The van der Waals surface area contributed by atoms with E-state index in [0.717, 1.165) is 16.9 Å². The van der Waals surface area contributed by atoms with E-state index in [4.69, 9.17) is 11.6 Å². The molecular formula is C20H17ClF5IN8O2. The number of aryl methyl sites for hydroxylation is 1. The van der Waals surface area contributed by atoms with Crippen molar-refractivity contribution in [1.82, 2.24) is 40.9 Å². The van der Waals surface area contributed by atoms with Crippen LogP contribution in [0.25, 0.3) is 22.5 Å². The fraction of sp³-hybridized carbons (Fsp3) is 0.300. The number of carbonyl (C=O) groups is 2. The standard InChI is InChI=1S/C20H17ClF5IN8O2/c1-4-35(32-17(36)20(24,25)26)18(37)29-19(2,27)15-13(23)5-9(8-28-15)11-6-10(21)7-12(22)14(11)16-30-33-34(3)31-16/h5-8H,4H2,1-3H3,(H,29,37)(H,32,36). The number of hydrogen-bond donors (Lipinski definition) is 2. The lowest BCUT2D eigenvalue weighted by Gasteiger charge is -2.29. The van der Waals surface area contributed by atoms with E-state index in [1.165, 1.54) is 38.6 Å². The summed E-state index contributed by atoms with van der Waals surface area (Å²) in [5, 5.41) is 14.1. The number of rotatable bonds is 5. The van der Waals surface area contributed by atoms with E-state index in [1.807, 2.05) is 0 Å². The van der Waals surface area contributed by atoms with Crippen LogP contribution in [0, 0.1) is 11.6 Å². The monoisotopic (exact) mass is 658 g/mol. The van der Waals surface area contributed by atoms with Gasteiger partial charge in [0.15, 0.2) is 0 Å². The summed E-state index contributed by atoms with van der Waals surface area (Å²) in [6.07, 6.45) is -4.03. The Balaban J connectivity index is 1.93. The summed E-state index contributed by atoms with van der Waals surface area (Å²) in [5.41, 5.74) is 1.24. The second-order valence-corrected chi connectivity index (χ2v) is 10.2. The van der Waals surface area contributed by atoms with Crippen LogP contribution in [0.2, 0.25) is 5.02 Å². The van der Waals surface area contributed by atoms with E-state index in [0.29, 0.717) is 5.01 Å². The van der Waals surface area contributed by atoms with Gasteiger partial charge in [0.1, 0.15) is 20.9 Å². The molecule has 0 spiro atoms. The minimum absolute atomic E-state index is 0.0104. The van der Waals surface area contributed by atoms with Gasteiger partial charge in [0.05, 0.1) is 12.6 Å². The van der Waals surface area contributed by atoms with Crippen molar-refractivity contribution in [1.29, 1.82) is 0 Å². The molecule has 0 bridgehead atoms. The van der Waals surface area contributed by atoms with Crippen molar-refractivity contribution in [3.05, 3.63) is 46.7 Å². The molecule has 0 fully saturated rings. The predicted octanol–water partition coefficient (Wildman–Crippen LogP) is 4.10. The minimum Gasteiger partial charge on any atom is -0.317 e. The molecule has 0 saturated carbocycles. The molecule has 198 valence electrons. The van der Waals surface area contributed by atoms with E-state index in [9.17, 15) is 27.2 Å². The van der Waals surface area contributed by atoms with Crippen LogP contribution in [0.4, 0.5) is 26.7 Å². The van der Waals surface area contributed by atoms with Crippen LogP contribution in [0.1, 0.15) is 19.5 Å². The quantitative estimate of drug-likeness (QED) is 0.140. The predicted molar refractivity (Wildman–Crippen MR) is 129 cm³/mol. The molecule has 0 aliphatic rings. The summed E-state index contributed by atoms with van der Waals surface area (Å²) in [4.78, 5) is 28.9. The summed E-state index contributed by atoms with van der Waals surface area (Å²) in [5.74, 6) is -4.15. The van der Waals surface area contributed by atoms with Crippen LogP contribution in [0.15, 0.2) is 24.4 Å². The lowest BCUT2D eigenvalue weighted by Crippen LogP contribution is -2.56. The van der Waals surface area contributed by atoms with E-state index >= 15 is 4.39 Å². The molecule has 37 heavy (non-hydrogen) atoms. The zero-order chi connectivity index (χ0) is 27.7. The zero-order valence-corrected chi connectivity index (χ0v) is 22.1. The smallest absolute Gasteiger partial charge is 0.317 e.